The number of carboxylic acids is 1. The fraction of sp³-hybridized carbons (Fsp3) is 0.333. The number of unbranched alkanes of at least 4 members (excludes halogenated alkanes) is 1. The Labute approximate surface area is 98.9 Å². The Morgan fingerprint density at radius 1 is 1.53 bits per heavy atom. The Morgan fingerprint density at radius 3 is 2.94 bits per heavy atom. The summed E-state index contributed by atoms with van der Waals surface area (Å²) >= 11 is 0. The number of carboxylic acid groups (broad SMARTS) is 1. The quantitative estimate of drug-likeness (QED) is 0.847. The summed E-state index contributed by atoms with van der Waals surface area (Å²) in [4.78, 5) is 15.0. The SMILES string of the molecule is CCCCn1c(N)nc2cc(C(=O)O)ccc21. The zero-order chi connectivity index (χ0) is 12.4. The molecule has 0 spiro atoms. The van der Waals surface area contributed by atoms with Crippen molar-refractivity contribution in [3.63, 3.8) is 0 Å². The third-order valence-corrected chi connectivity index (χ3v) is 2.76. The van der Waals surface area contributed by atoms with E-state index in [1.54, 1.807) is 18.2 Å². The molecule has 0 aliphatic rings. The van der Waals surface area contributed by atoms with Gasteiger partial charge in [0.1, 0.15) is 0 Å². The monoisotopic (exact) mass is 233 g/mol. The van der Waals surface area contributed by atoms with Gasteiger partial charge in [0.05, 0.1) is 16.6 Å². The Balaban J connectivity index is 2.48. The molecule has 1 heterocycles. The maximum absolute atomic E-state index is 10.8. The topological polar surface area (TPSA) is 81.1 Å². The lowest BCUT2D eigenvalue weighted by atomic mass is 10.2. The van der Waals surface area contributed by atoms with Crippen molar-refractivity contribution >= 4 is 23.0 Å². The van der Waals surface area contributed by atoms with Crippen LogP contribution in [-0.4, -0.2) is 20.6 Å². The standard InChI is InChI=1S/C12H15N3O2/c1-2-3-6-15-10-5-4-8(11(16)17)7-9(10)14-12(15)13/h4-5,7H,2-3,6H2,1H3,(H2,13,14)(H,16,17). The number of hydrogen-bond donors (Lipinski definition) is 2. The van der Waals surface area contributed by atoms with E-state index in [1.165, 1.54) is 0 Å². The van der Waals surface area contributed by atoms with Gasteiger partial charge in [-0.05, 0) is 24.6 Å². The number of imidazole rings is 1. The number of aryl methyl sites for hydroxylation is 1. The van der Waals surface area contributed by atoms with Gasteiger partial charge < -0.3 is 15.4 Å². The van der Waals surface area contributed by atoms with Crippen LogP contribution in [0.3, 0.4) is 0 Å². The highest BCUT2D eigenvalue weighted by Gasteiger charge is 2.10. The van der Waals surface area contributed by atoms with Gasteiger partial charge in [0.15, 0.2) is 0 Å². The molecule has 0 fully saturated rings. The van der Waals surface area contributed by atoms with Crippen molar-refractivity contribution in [1.29, 1.82) is 0 Å². The van der Waals surface area contributed by atoms with E-state index >= 15 is 0 Å². The average Bonchev–Trinajstić information content (AvgIpc) is 2.61. The van der Waals surface area contributed by atoms with Gasteiger partial charge >= 0.3 is 5.97 Å². The molecule has 0 unspecified atom stereocenters. The first-order valence-corrected chi connectivity index (χ1v) is 5.62. The van der Waals surface area contributed by atoms with Crippen LogP contribution in [0.4, 0.5) is 5.95 Å². The summed E-state index contributed by atoms with van der Waals surface area (Å²) in [5.74, 6) is -0.510. The summed E-state index contributed by atoms with van der Waals surface area (Å²) in [6, 6.07) is 4.89. The summed E-state index contributed by atoms with van der Waals surface area (Å²) in [6.45, 7) is 2.92. The largest absolute Gasteiger partial charge is 0.478 e. The number of benzene rings is 1. The molecular formula is C12H15N3O2. The first-order valence-electron chi connectivity index (χ1n) is 5.62. The Kier molecular flexibility index (Phi) is 2.99. The molecule has 90 valence electrons. The van der Waals surface area contributed by atoms with Crippen molar-refractivity contribution in [2.24, 2.45) is 0 Å². The van der Waals surface area contributed by atoms with Crippen molar-refractivity contribution in [3.8, 4) is 0 Å². The summed E-state index contributed by atoms with van der Waals surface area (Å²) < 4.78 is 1.92. The minimum absolute atomic E-state index is 0.234. The van der Waals surface area contributed by atoms with Gasteiger partial charge in [0.25, 0.3) is 0 Å². The first-order chi connectivity index (χ1) is 8.13. The number of nitrogens with two attached hydrogens (primary N) is 1. The second-order valence-electron chi connectivity index (χ2n) is 3.98. The van der Waals surface area contributed by atoms with E-state index in [0.717, 1.165) is 24.9 Å². The average molecular weight is 233 g/mol. The van der Waals surface area contributed by atoms with Crippen molar-refractivity contribution < 1.29 is 9.90 Å². The van der Waals surface area contributed by atoms with Gasteiger partial charge in [-0.3, -0.25) is 0 Å². The number of aromatic carboxylic acids is 1. The Hall–Kier alpha value is -2.04. The molecule has 3 N–H and O–H groups in total. The zero-order valence-corrected chi connectivity index (χ0v) is 9.68. The van der Waals surface area contributed by atoms with Crippen LogP contribution in [0, 0.1) is 0 Å². The Morgan fingerprint density at radius 2 is 2.29 bits per heavy atom. The van der Waals surface area contributed by atoms with Gasteiger partial charge in [-0.25, -0.2) is 9.78 Å². The molecule has 5 nitrogen and oxygen atoms in total. The fourth-order valence-corrected chi connectivity index (χ4v) is 1.83. The number of rotatable bonds is 4. The van der Waals surface area contributed by atoms with Crippen LogP contribution in [0.1, 0.15) is 30.1 Å². The molecule has 0 atom stereocenters. The van der Waals surface area contributed by atoms with E-state index < -0.39 is 5.97 Å². The van der Waals surface area contributed by atoms with Gasteiger partial charge in [-0.2, -0.15) is 0 Å². The summed E-state index contributed by atoms with van der Waals surface area (Å²) in [5.41, 5.74) is 7.59. The molecule has 0 radical (unpaired) electrons. The molecule has 17 heavy (non-hydrogen) atoms. The maximum atomic E-state index is 10.8. The van der Waals surface area contributed by atoms with E-state index in [9.17, 15) is 4.79 Å². The second-order valence-corrected chi connectivity index (χ2v) is 3.98. The molecule has 1 aromatic carbocycles. The molecule has 2 rings (SSSR count). The van der Waals surface area contributed by atoms with Gasteiger partial charge in [0, 0.05) is 6.54 Å². The predicted molar refractivity (Wildman–Crippen MR) is 66.0 cm³/mol. The molecule has 1 aromatic heterocycles. The smallest absolute Gasteiger partial charge is 0.335 e. The maximum Gasteiger partial charge on any atom is 0.335 e. The number of nitrogens with zero attached hydrogens (tertiary/aromatic N) is 2. The van der Waals surface area contributed by atoms with E-state index in [1.807, 2.05) is 4.57 Å². The van der Waals surface area contributed by atoms with Gasteiger partial charge in [-0.15, -0.1) is 0 Å². The molecule has 2 aromatic rings. The minimum Gasteiger partial charge on any atom is -0.478 e. The second kappa shape index (κ2) is 4.45. The van der Waals surface area contributed by atoms with Gasteiger partial charge in [0.2, 0.25) is 5.95 Å². The van der Waals surface area contributed by atoms with Crippen molar-refractivity contribution in [3.05, 3.63) is 23.8 Å². The van der Waals surface area contributed by atoms with Crippen LogP contribution in [0.5, 0.6) is 0 Å². The van der Waals surface area contributed by atoms with Crippen LogP contribution in [0.2, 0.25) is 0 Å². The van der Waals surface area contributed by atoms with Crippen LogP contribution < -0.4 is 5.73 Å². The third kappa shape index (κ3) is 2.08. The predicted octanol–water partition coefficient (Wildman–Crippen LogP) is 2.12. The van der Waals surface area contributed by atoms with E-state index in [2.05, 4.69) is 11.9 Å². The number of anilines is 1. The lowest BCUT2D eigenvalue weighted by Gasteiger charge is -2.04. The molecule has 0 aliphatic heterocycles. The molecule has 5 heteroatoms. The normalized spacial score (nSPS) is 10.9. The van der Waals surface area contributed by atoms with Crippen molar-refractivity contribution in [2.75, 3.05) is 5.73 Å². The molecule has 0 saturated carbocycles. The summed E-state index contributed by atoms with van der Waals surface area (Å²) in [5, 5.41) is 8.90. The zero-order valence-electron chi connectivity index (χ0n) is 9.68. The molecule has 0 bridgehead atoms. The third-order valence-electron chi connectivity index (χ3n) is 2.76. The number of hydrogen-bond acceptors (Lipinski definition) is 3. The number of carbonyl (C=O) groups is 1. The lowest BCUT2D eigenvalue weighted by molar-refractivity contribution is 0.0697. The van der Waals surface area contributed by atoms with E-state index in [4.69, 9.17) is 10.8 Å². The highest BCUT2D eigenvalue weighted by molar-refractivity contribution is 5.92. The molecule has 0 amide bonds. The fourth-order valence-electron chi connectivity index (χ4n) is 1.83. The van der Waals surface area contributed by atoms with Crippen LogP contribution in [0.15, 0.2) is 18.2 Å². The first kappa shape index (κ1) is 11.4. The Bertz CT molecular complexity index is 560. The summed E-state index contributed by atoms with van der Waals surface area (Å²) in [7, 11) is 0. The highest BCUT2D eigenvalue weighted by atomic mass is 16.4. The number of fused-ring (bicyclic) bond motifs is 1. The molecular weight excluding hydrogens is 218 g/mol. The van der Waals surface area contributed by atoms with Crippen LogP contribution in [0.25, 0.3) is 11.0 Å². The highest BCUT2D eigenvalue weighted by Crippen LogP contribution is 2.20. The molecule has 0 saturated heterocycles. The van der Waals surface area contributed by atoms with Crippen LogP contribution >= 0.6 is 0 Å². The van der Waals surface area contributed by atoms with Gasteiger partial charge in [-0.1, -0.05) is 13.3 Å². The minimum atomic E-state index is -0.950. The summed E-state index contributed by atoms with van der Waals surface area (Å²) in [6.07, 6.45) is 2.10. The number of aromatic nitrogens is 2. The van der Waals surface area contributed by atoms with Crippen LogP contribution in [-0.2, 0) is 6.54 Å². The van der Waals surface area contributed by atoms with E-state index in [0.29, 0.717) is 11.5 Å². The lowest BCUT2D eigenvalue weighted by Crippen LogP contribution is -2.03. The number of nitrogen functional groups attached to an aromatic ring is 1. The van der Waals surface area contributed by atoms with Crippen molar-refractivity contribution in [1.82, 2.24) is 9.55 Å². The van der Waals surface area contributed by atoms with E-state index in [-0.39, 0.29) is 5.56 Å². The van der Waals surface area contributed by atoms with Crippen molar-refractivity contribution in [2.45, 2.75) is 26.3 Å². The molecule has 0 aliphatic carbocycles.